The first-order valence-electron chi connectivity index (χ1n) is 4.83. The van der Waals surface area contributed by atoms with Crippen LogP contribution in [0, 0.1) is 19.0 Å². The van der Waals surface area contributed by atoms with Gasteiger partial charge in [0.2, 0.25) is 0 Å². The molecule has 1 aromatic heterocycles. The minimum Gasteiger partial charge on any atom is -0.317 e. The molecule has 0 radical (unpaired) electrons. The molecule has 1 aromatic carbocycles. The zero-order valence-electron chi connectivity index (χ0n) is 8.83. The predicted molar refractivity (Wildman–Crippen MR) is 78.3 cm³/mol. The molecule has 94 valence electrons. The Hall–Kier alpha value is -0.580. The third-order valence-electron chi connectivity index (χ3n) is 2.28. The van der Waals surface area contributed by atoms with E-state index in [1.165, 1.54) is 6.33 Å². The van der Waals surface area contributed by atoms with E-state index in [1.807, 2.05) is 45.2 Å². The lowest BCUT2D eigenvalue weighted by atomic mass is 10.1. The lowest BCUT2D eigenvalue weighted by Gasteiger charge is -2.05. The summed E-state index contributed by atoms with van der Waals surface area (Å²) in [5.74, 6) is -1.83. The van der Waals surface area contributed by atoms with E-state index >= 15 is 0 Å². The van der Waals surface area contributed by atoms with Crippen molar-refractivity contribution in [2.45, 2.75) is 6.54 Å². The van der Waals surface area contributed by atoms with Crippen LogP contribution < -0.4 is 0 Å². The minimum atomic E-state index is -0.716. The zero-order chi connectivity index (χ0) is 13.3. The van der Waals surface area contributed by atoms with Gasteiger partial charge in [-0.25, -0.2) is 13.8 Å². The van der Waals surface area contributed by atoms with Crippen LogP contribution in [-0.4, -0.2) is 15.3 Å². The first-order valence-corrected chi connectivity index (χ1v) is 6.99. The summed E-state index contributed by atoms with van der Waals surface area (Å²) in [5, 5.41) is 0. The predicted octanol–water partition coefficient (Wildman–Crippen LogP) is 3.25. The van der Waals surface area contributed by atoms with E-state index in [4.69, 9.17) is 0 Å². The summed E-state index contributed by atoms with van der Waals surface area (Å²) in [7, 11) is 0. The number of carbonyl (C=O) groups is 1. The molecule has 0 spiro atoms. The number of ketones is 1. The van der Waals surface area contributed by atoms with Gasteiger partial charge < -0.3 is 4.57 Å². The van der Waals surface area contributed by atoms with E-state index in [9.17, 15) is 13.6 Å². The van der Waals surface area contributed by atoms with Gasteiger partial charge in [0.25, 0.3) is 0 Å². The highest BCUT2D eigenvalue weighted by molar-refractivity contribution is 14.1. The standard InChI is InChI=1S/C11H6F2I2N2O/c12-6-1-2-8(13)7(3-6)9(18)4-17-5-16-10(14)11(17)15/h1-3,5H,4H2. The van der Waals surface area contributed by atoms with Gasteiger partial charge in [0.1, 0.15) is 19.0 Å². The Balaban J connectivity index is 2.27. The minimum absolute atomic E-state index is 0.0609. The van der Waals surface area contributed by atoms with Gasteiger partial charge >= 0.3 is 0 Å². The Morgan fingerprint density at radius 3 is 2.67 bits per heavy atom. The van der Waals surface area contributed by atoms with E-state index < -0.39 is 17.4 Å². The van der Waals surface area contributed by atoms with Crippen LogP contribution in [0.3, 0.4) is 0 Å². The summed E-state index contributed by atoms with van der Waals surface area (Å²) in [4.78, 5) is 15.9. The molecular formula is C11H6F2I2N2O. The molecular weight excluding hydrogens is 468 g/mol. The fraction of sp³-hybridized carbons (Fsp3) is 0.0909. The second kappa shape index (κ2) is 5.59. The maximum absolute atomic E-state index is 13.4. The molecule has 0 aliphatic rings. The molecule has 0 saturated heterocycles. The van der Waals surface area contributed by atoms with Crippen molar-refractivity contribution >= 4 is 51.0 Å². The van der Waals surface area contributed by atoms with Crippen LogP contribution in [0.5, 0.6) is 0 Å². The molecule has 0 bridgehead atoms. The number of rotatable bonds is 3. The number of halogens is 4. The van der Waals surface area contributed by atoms with Crippen molar-refractivity contribution in [3.05, 3.63) is 49.1 Å². The highest BCUT2D eigenvalue weighted by Crippen LogP contribution is 2.15. The lowest BCUT2D eigenvalue weighted by Crippen LogP contribution is -2.13. The highest BCUT2D eigenvalue weighted by atomic mass is 127. The van der Waals surface area contributed by atoms with Crippen LogP contribution in [0.25, 0.3) is 0 Å². The molecule has 2 rings (SSSR count). The first-order chi connectivity index (χ1) is 8.49. The summed E-state index contributed by atoms with van der Waals surface area (Å²) >= 11 is 4.07. The monoisotopic (exact) mass is 474 g/mol. The van der Waals surface area contributed by atoms with Crippen LogP contribution in [0.15, 0.2) is 24.5 Å². The summed E-state index contributed by atoms with van der Waals surface area (Å²) in [6, 6.07) is 2.84. The molecule has 3 nitrogen and oxygen atoms in total. The van der Waals surface area contributed by atoms with Crippen molar-refractivity contribution in [2.24, 2.45) is 0 Å². The SMILES string of the molecule is O=C(Cn1cnc(I)c1I)c1cc(F)ccc1F. The second-order valence-electron chi connectivity index (χ2n) is 3.50. The second-order valence-corrected chi connectivity index (χ2v) is 5.55. The van der Waals surface area contributed by atoms with Gasteiger partial charge in [-0.1, -0.05) is 0 Å². The Morgan fingerprint density at radius 1 is 1.33 bits per heavy atom. The first kappa shape index (κ1) is 13.8. The maximum atomic E-state index is 13.4. The Kier molecular flexibility index (Phi) is 4.30. The smallest absolute Gasteiger partial charge is 0.185 e. The van der Waals surface area contributed by atoms with Crippen molar-refractivity contribution in [2.75, 3.05) is 0 Å². The van der Waals surface area contributed by atoms with E-state index in [0.717, 1.165) is 25.6 Å². The van der Waals surface area contributed by atoms with Crippen molar-refractivity contribution in [3.63, 3.8) is 0 Å². The van der Waals surface area contributed by atoms with E-state index in [2.05, 4.69) is 4.98 Å². The molecule has 0 aliphatic heterocycles. The van der Waals surface area contributed by atoms with Gasteiger partial charge in [-0.3, -0.25) is 4.79 Å². The van der Waals surface area contributed by atoms with Crippen LogP contribution in [0.1, 0.15) is 10.4 Å². The van der Waals surface area contributed by atoms with E-state index in [-0.39, 0.29) is 12.1 Å². The molecule has 1 heterocycles. The van der Waals surface area contributed by atoms with Gasteiger partial charge in [0, 0.05) is 0 Å². The third-order valence-corrected chi connectivity index (χ3v) is 5.23. The van der Waals surface area contributed by atoms with Gasteiger partial charge in [-0.05, 0) is 63.4 Å². The zero-order valence-corrected chi connectivity index (χ0v) is 13.1. The largest absolute Gasteiger partial charge is 0.317 e. The van der Waals surface area contributed by atoms with Crippen LogP contribution in [0.4, 0.5) is 8.78 Å². The maximum Gasteiger partial charge on any atom is 0.185 e. The third kappa shape index (κ3) is 2.87. The van der Waals surface area contributed by atoms with Crippen LogP contribution >= 0.6 is 45.2 Å². The number of carbonyl (C=O) groups excluding carboxylic acids is 1. The molecule has 0 amide bonds. The number of hydrogen-bond donors (Lipinski definition) is 0. The van der Waals surface area contributed by atoms with E-state index in [1.54, 1.807) is 4.57 Å². The number of nitrogens with zero attached hydrogens (tertiary/aromatic N) is 2. The van der Waals surface area contributed by atoms with Gasteiger partial charge in [0.15, 0.2) is 5.78 Å². The van der Waals surface area contributed by atoms with Crippen molar-refractivity contribution in [3.8, 4) is 0 Å². The molecule has 0 aliphatic carbocycles. The number of hydrogen-bond acceptors (Lipinski definition) is 2. The molecule has 0 N–H and O–H groups in total. The Labute approximate surface area is 129 Å². The average molecular weight is 474 g/mol. The van der Waals surface area contributed by atoms with Crippen molar-refractivity contribution < 1.29 is 13.6 Å². The summed E-state index contributed by atoms with van der Waals surface area (Å²) < 4.78 is 29.5. The van der Waals surface area contributed by atoms with Crippen LogP contribution in [-0.2, 0) is 6.54 Å². The highest BCUT2D eigenvalue weighted by Gasteiger charge is 2.15. The van der Waals surface area contributed by atoms with Gasteiger partial charge in [0.05, 0.1) is 18.4 Å². The molecule has 7 heteroatoms. The van der Waals surface area contributed by atoms with Gasteiger partial charge in [-0.2, -0.15) is 0 Å². The Morgan fingerprint density at radius 2 is 2.06 bits per heavy atom. The van der Waals surface area contributed by atoms with Gasteiger partial charge in [-0.15, -0.1) is 0 Å². The molecule has 0 unspecified atom stereocenters. The van der Waals surface area contributed by atoms with Crippen molar-refractivity contribution in [1.29, 1.82) is 0 Å². The van der Waals surface area contributed by atoms with E-state index in [0.29, 0.717) is 0 Å². The summed E-state index contributed by atoms with van der Waals surface area (Å²) in [6.07, 6.45) is 1.50. The molecule has 2 aromatic rings. The quantitative estimate of drug-likeness (QED) is 0.506. The normalized spacial score (nSPS) is 10.7. The molecule has 0 fully saturated rings. The van der Waals surface area contributed by atoms with Crippen LogP contribution in [0.2, 0.25) is 0 Å². The fourth-order valence-electron chi connectivity index (χ4n) is 1.40. The lowest BCUT2D eigenvalue weighted by molar-refractivity contribution is 0.0967. The molecule has 18 heavy (non-hydrogen) atoms. The van der Waals surface area contributed by atoms with Crippen molar-refractivity contribution in [1.82, 2.24) is 9.55 Å². The number of benzene rings is 1. The number of aromatic nitrogens is 2. The Bertz CT molecular complexity index is 613. The molecule has 0 atom stereocenters. The fourth-order valence-corrected chi connectivity index (χ4v) is 2.27. The number of imidazole rings is 1. The number of Topliss-reactive ketones (excluding diaryl/α,β-unsaturated/α-hetero) is 1. The average Bonchev–Trinajstić information content (AvgIpc) is 2.64. The molecule has 0 saturated carbocycles. The summed E-state index contributed by atoms with van der Waals surface area (Å²) in [5.41, 5.74) is -0.241. The topological polar surface area (TPSA) is 34.9 Å². The summed E-state index contributed by atoms with van der Waals surface area (Å²) in [6.45, 7) is -0.0609.